The van der Waals surface area contributed by atoms with Crippen LogP contribution in [-0.4, -0.2) is 38.3 Å². The molecule has 7 heteroatoms. The second-order valence-electron chi connectivity index (χ2n) is 2.38. The lowest BCUT2D eigenvalue weighted by Gasteiger charge is -2.02. The van der Waals surface area contributed by atoms with Crippen molar-refractivity contribution in [3.8, 4) is 0 Å². The third-order valence-electron chi connectivity index (χ3n) is 1.49. The normalized spacial score (nSPS) is 11.4. The van der Waals surface area contributed by atoms with E-state index in [1.54, 1.807) is 14.0 Å². The van der Waals surface area contributed by atoms with E-state index in [2.05, 4.69) is 20.0 Å². The van der Waals surface area contributed by atoms with Crippen molar-refractivity contribution in [2.24, 2.45) is 12.2 Å². The fourth-order valence-electron chi connectivity index (χ4n) is 0.887. The zero-order valence-corrected chi connectivity index (χ0v) is 7.84. The van der Waals surface area contributed by atoms with E-state index in [9.17, 15) is 4.79 Å². The number of oxime groups is 1. The van der Waals surface area contributed by atoms with Gasteiger partial charge in [-0.2, -0.15) is 5.10 Å². The van der Waals surface area contributed by atoms with E-state index in [1.165, 1.54) is 11.0 Å². The van der Waals surface area contributed by atoms with Gasteiger partial charge in [-0.25, -0.2) is 14.5 Å². The smallest absolute Gasteiger partial charge is 0.364 e. The quantitative estimate of drug-likeness (QED) is 0.307. The topological polar surface area (TPSA) is 89.6 Å². The lowest BCUT2D eigenvalue weighted by atomic mass is 10.3. The van der Waals surface area contributed by atoms with Crippen molar-refractivity contribution < 1.29 is 14.7 Å². The zero-order chi connectivity index (χ0) is 10.6. The first kappa shape index (κ1) is 10.2. The Labute approximate surface area is 80.0 Å². The fourth-order valence-corrected chi connectivity index (χ4v) is 0.887. The van der Waals surface area contributed by atoms with Crippen LogP contribution in [0.1, 0.15) is 12.7 Å². The molecule has 0 atom stereocenters. The molecule has 0 bridgehead atoms. The second kappa shape index (κ2) is 4.35. The number of carbonyl (C=O) groups excluding carboxylic acids is 1. The Hall–Kier alpha value is -1.92. The third kappa shape index (κ3) is 1.87. The summed E-state index contributed by atoms with van der Waals surface area (Å²) in [6.45, 7) is 1.86. The van der Waals surface area contributed by atoms with Crippen LogP contribution < -0.4 is 0 Å². The number of aryl methyl sites for hydroxylation is 1. The minimum atomic E-state index is -0.730. The average molecular weight is 198 g/mol. The standard InChI is InChI=1S/C7H10N4O3/c1-3-14-7(12)5(10-13)6-8-4-9-11(6)2/h4,13H,3H2,1-2H3/b10-5-. The van der Waals surface area contributed by atoms with Crippen molar-refractivity contribution in [2.45, 2.75) is 6.92 Å². The Morgan fingerprint density at radius 2 is 2.50 bits per heavy atom. The van der Waals surface area contributed by atoms with E-state index < -0.39 is 5.97 Å². The van der Waals surface area contributed by atoms with Crippen LogP contribution in [0.3, 0.4) is 0 Å². The molecule has 0 amide bonds. The monoisotopic (exact) mass is 198 g/mol. The van der Waals surface area contributed by atoms with Crippen molar-refractivity contribution in [3.63, 3.8) is 0 Å². The first-order chi connectivity index (χ1) is 6.70. The van der Waals surface area contributed by atoms with E-state index >= 15 is 0 Å². The maximum absolute atomic E-state index is 11.2. The molecule has 0 fully saturated rings. The molecule has 7 nitrogen and oxygen atoms in total. The molecule has 0 saturated carbocycles. The molecule has 76 valence electrons. The molecule has 1 rings (SSSR count). The van der Waals surface area contributed by atoms with Gasteiger partial charge in [-0.1, -0.05) is 5.16 Å². The summed E-state index contributed by atoms with van der Waals surface area (Å²) in [4.78, 5) is 15.0. The molecule has 0 aliphatic rings. The molecule has 0 aromatic carbocycles. The number of rotatable bonds is 3. The Morgan fingerprint density at radius 3 is 2.93 bits per heavy atom. The summed E-state index contributed by atoms with van der Waals surface area (Å²) in [5, 5.41) is 15.2. The minimum absolute atomic E-state index is 0.158. The summed E-state index contributed by atoms with van der Waals surface area (Å²) in [7, 11) is 1.58. The maximum Gasteiger partial charge on any atom is 0.364 e. The van der Waals surface area contributed by atoms with E-state index in [1.807, 2.05) is 0 Å². The first-order valence-electron chi connectivity index (χ1n) is 3.94. The predicted molar refractivity (Wildman–Crippen MR) is 46.0 cm³/mol. The molecule has 0 unspecified atom stereocenters. The van der Waals surface area contributed by atoms with Gasteiger partial charge in [0.25, 0.3) is 0 Å². The van der Waals surface area contributed by atoms with Crippen molar-refractivity contribution in [1.82, 2.24) is 14.8 Å². The SMILES string of the molecule is CCOC(=O)/C(=N\O)c1ncnn1C. The van der Waals surface area contributed by atoms with Crippen molar-refractivity contribution in [2.75, 3.05) is 6.61 Å². The van der Waals surface area contributed by atoms with Gasteiger partial charge in [0.15, 0.2) is 5.82 Å². The van der Waals surface area contributed by atoms with Crippen molar-refractivity contribution >= 4 is 11.7 Å². The summed E-state index contributed by atoms with van der Waals surface area (Å²) in [6, 6.07) is 0. The Morgan fingerprint density at radius 1 is 1.79 bits per heavy atom. The molecule has 1 aromatic heterocycles. The van der Waals surface area contributed by atoms with E-state index in [0.717, 1.165) is 0 Å². The Bertz CT molecular complexity index is 358. The van der Waals surface area contributed by atoms with Gasteiger partial charge >= 0.3 is 5.97 Å². The molecule has 1 aromatic rings. The maximum atomic E-state index is 11.2. The van der Waals surface area contributed by atoms with Gasteiger partial charge in [-0.15, -0.1) is 0 Å². The summed E-state index contributed by atoms with van der Waals surface area (Å²) >= 11 is 0. The van der Waals surface area contributed by atoms with Crippen LogP contribution in [0, 0.1) is 0 Å². The third-order valence-corrected chi connectivity index (χ3v) is 1.49. The van der Waals surface area contributed by atoms with Gasteiger partial charge in [0.1, 0.15) is 6.33 Å². The Balaban J connectivity index is 2.95. The number of nitrogens with zero attached hydrogens (tertiary/aromatic N) is 4. The van der Waals surface area contributed by atoms with Crippen LogP contribution >= 0.6 is 0 Å². The van der Waals surface area contributed by atoms with Gasteiger partial charge in [0.2, 0.25) is 5.71 Å². The van der Waals surface area contributed by atoms with Gasteiger partial charge in [0.05, 0.1) is 6.61 Å². The highest BCUT2D eigenvalue weighted by molar-refractivity contribution is 6.42. The van der Waals surface area contributed by atoms with E-state index in [4.69, 9.17) is 5.21 Å². The number of carbonyl (C=O) groups is 1. The van der Waals surface area contributed by atoms with Crippen LogP contribution in [0.15, 0.2) is 11.5 Å². The number of ether oxygens (including phenoxy) is 1. The van der Waals surface area contributed by atoms with Gasteiger partial charge in [-0.3, -0.25) is 0 Å². The largest absolute Gasteiger partial charge is 0.461 e. The van der Waals surface area contributed by atoms with Gasteiger partial charge < -0.3 is 9.94 Å². The summed E-state index contributed by atoms with van der Waals surface area (Å²) in [6.07, 6.45) is 1.25. The zero-order valence-electron chi connectivity index (χ0n) is 7.84. The fraction of sp³-hybridized carbons (Fsp3) is 0.429. The molecular formula is C7H10N4O3. The predicted octanol–water partition coefficient (Wildman–Crippen LogP) is -0.444. The van der Waals surface area contributed by atoms with Crippen molar-refractivity contribution in [3.05, 3.63) is 12.2 Å². The van der Waals surface area contributed by atoms with Crippen LogP contribution in [0.25, 0.3) is 0 Å². The number of esters is 1. The lowest BCUT2D eigenvalue weighted by molar-refractivity contribution is -0.135. The molecule has 1 heterocycles. The average Bonchev–Trinajstić information content (AvgIpc) is 2.54. The first-order valence-corrected chi connectivity index (χ1v) is 3.94. The molecule has 0 aliphatic heterocycles. The molecule has 14 heavy (non-hydrogen) atoms. The number of aromatic nitrogens is 3. The molecule has 0 saturated heterocycles. The molecular weight excluding hydrogens is 188 g/mol. The van der Waals surface area contributed by atoms with Gasteiger partial charge in [0, 0.05) is 7.05 Å². The highest BCUT2D eigenvalue weighted by Crippen LogP contribution is 1.97. The molecule has 0 spiro atoms. The number of hydrogen-bond donors (Lipinski definition) is 1. The minimum Gasteiger partial charge on any atom is -0.461 e. The summed E-state index contributed by atoms with van der Waals surface area (Å²) in [5.74, 6) is -0.572. The van der Waals surface area contributed by atoms with Crippen LogP contribution in [0.5, 0.6) is 0 Å². The Kier molecular flexibility index (Phi) is 3.16. The summed E-state index contributed by atoms with van der Waals surface area (Å²) < 4.78 is 5.97. The number of hydrogen-bond acceptors (Lipinski definition) is 6. The summed E-state index contributed by atoms with van der Waals surface area (Å²) in [5.41, 5.74) is -0.258. The lowest BCUT2D eigenvalue weighted by Crippen LogP contribution is -2.22. The van der Waals surface area contributed by atoms with E-state index in [-0.39, 0.29) is 18.1 Å². The second-order valence-corrected chi connectivity index (χ2v) is 2.38. The van der Waals surface area contributed by atoms with Crippen LogP contribution in [-0.2, 0) is 16.6 Å². The van der Waals surface area contributed by atoms with Gasteiger partial charge in [-0.05, 0) is 6.92 Å². The molecule has 0 aliphatic carbocycles. The van der Waals surface area contributed by atoms with Crippen molar-refractivity contribution in [1.29, 1.82) is 0 Å². The highest BCUT2D eigenvalue weighted by atomic mass is 16.5. The van der Waals surface area contributed by atoms with Crippen LogP contribution in [0.2, 0.25) is 0 Å². The van der Waals surface area contributed by atoms with E-state index in [0.29, 0.717) is 0 Å². The highest BCUT2D eigenvalue weighted by Gasteiger charge is 2.20. The van der Waals surface area contributed by atoms with Crippen LogP contribution in [0.4, 0.5) is 0 Å². The molecule has 0 radical (unpaired) electrons. The molecule has 1 N–H and O–H groups in total.